The average molecular weight is 240 g/mol. The minimum Gasteiger partial charge on any atom is -0.341 e. The van der Waals surface area contributed by atoms with Crippen LogP contribution in [0.4, 0.5) is 0 Å². The summed E-state index contributed by atoms with van der Waals surface area (Å²) in [4.78, 5) is 14.5. The minimum atomic E-state index is -0.540. The molecule has 0 spiro atoms. The van der Waals surface area contributed by atoms with Gasteiger partial charge in [0.25, 0.3) is 0 Å². The van der Waals surface area contributed by atoms with E-state index >= 15 is 0 Å². The lowest BCUT2D eigenvalue weighted by atomic mass is 9.97. The summed E-state index contributed by atoms with van der Waals surface area (Å²) in [6, 6.07) is 0. The largest absolute Gasteiger partial charge is 0.341 e. The highest BCUT2D eigenvalue weighted by molar-refractivity contribution is 5.86. The topological polar surface area (TPSA) is 46.3 Å². The monoisotopic (exact) mass is 240 g/mol. The quantitative estimate of drug-likeness (QED) is 0.743. The Balaban J connectivity index is 2.57. The summed E-state index contributed by atoms with van der Waals surface area (Å²) < 4.78 is 0. The van der Waals surface area contributed by atoms with Gasteiger partial charge in [-0.2, -0.15) is 0 Å². The van der Waals surface area contributed by atoms with Crippen LogP contribution in [-0.4, -0.2) is 29.4 Å². The van der Waals surface area contributed by atoms with E-state index in [1.165, 1.54) is 0 Å². The molecule has 100 valence electrons. The first-order chi connectivity index (χ1) is 8.14. The van der Waals surface area contributed by atoms with Crippen LogP contribution in [0.3, 0.4) is 0 Å². The molecule has 3 heteroatoms. The van der Waals surface area contributed by atoms with Gasteiger partial charge in [0.15, 0.2) is 0 Å². The van der Waals surface area contributed by atoms with Gasteiger partial charge in [-0.3, -0.25) is 4.79 Å². The maximum atomic E-state index is 12.5. The van der Waals surface area contributed by atoms with Crippen LogP contribution in [0.2, 0.25) is 0 Å². The van der Waals surface area contributed by atoms with Gasteiger partial charge in [-0.15, -0.1) is 0 Å². The number of amides is 1. The summed E-state index contributed by atoms with van der Waals surface area (Å²) in [6.45, 7) is 6.09. The zero-order valence-corrected chi connectivity index (χ0v) is 11.5. The first kappa shape index (κ1) is 14.5. The van der Waals surface area contributed by atoms with Crippen molar-refractivity contribution in [2.45, 2.75) is 70.8 Å². The van der Waals surface area contributed by atoms with E-state index in [0.717, 1.165) is 64.5 Å². The number of nitrogens with zero attached hydrogens (tertiary/aromatic N) is 1. The number of nitrogens with two attached hydrogens (primary N) is 1. The maximum absolute atomic E-state index is 12.5. The van der Waals surface area contributed by atoms with Crippen molar-refractivity contribution in [3.63, 3.8) is 0 Å². The molecule has 0 bridgehead atoms. The van der Waals surface area contributed by atoms with Crippen LogP contribution in [0.15, 0.2) is 0 Å². The van der Waals surface area contributed by atoms with Crippen molar-refractivity contribution in [1.82, 2.24) is 4.90 Å². The fourth-order valence-corrected chi connectivity index (χ4v) is 2.55. The highest BCUT2D eigenvalue weighted by Gasteiger charge is 2.39. The lowest BCUT2D eigenvalue weighted by molar-refractivity contribution is -0.137. The normalized spacial score (nSPS) is 18.3. The number of rotatable bonds is 7. The van der Waals surface area contributed by atoms with E-state index in [2.05, 4.69) is 13.8 Å². The van der Waals surface area contributed by atoms with E-state index in [1.54, 1.807) is 0 Å². The standard InChI is InChI=1S/C14H28N2O/c1-3-5-11-16(12-6-4-2)13(17)14(15)9-7-8-10-14/h3-12,15H2,1-2H3. The van der Waals surface area contributed by atoms with Crippen LogP contribution in [0.1, 0.15) is 65.2 Å². The number of unbranched alkanes of at least 4 members (excludes halogenated alkanes) is 2. The summed E-state index contributed by atoms with van der Waals surface area (Å²) in [7, 11) is 0. The molecule has 17 heavy (non-hydrogen) atoms. The summed E-state index contributed by atoms with van der Waals surface area (Å²) in [5.41, 5.74) is 5.72. The second kappa shape index (κ2) is 7.00. The minimum absolute atomic E-state index is 0.205. The van der Waals surface area contributed by atoms with E-state index in [0.29, 0.717) is 0 Å². The van der Waals surface area contributed by atoms with Crippen molar-refractivity contribution < 1.29 is 4.79 Å². The first-order valence-electron chi connectivity index (χ1n) is 7.22. The van der Waals surface area contributed by atoms with E-state index in [9.17, 15) is 4.79 Å². The van der Waals surface area contributed by atoms with Gasteiger partial charge < -0.3 is 10.6 Å². The SMILES string of the molecule is CCCCN(CCCC)C(=O)C1(N)CCCC1. The van der Waals surface area contributed by atoms with Gasteiger partial charge >= 0.3 is 0 Å². The van der Waals surface area contributed by atoms with E-state index < -0.39 is 5.54 Å². The molecule has 0 saturated heterocycles. The predicted molar refractivity (Wildman–Crippen MR) is 71.8 cm³/mol. The summed E-state index contributed by atoms with van der Waals surface area (Å²) in [5, 5.41) is 0. The Morgan fingerprint density at radius 2 is 1.59 bits per heavy atom. The third-order valence-corrected chi connectivity index (χ3v) is 3.77. The van der Waals surface area contributed by atoms with E-state index in [4.69, 9.17) is 5.73 Å². The second-order valence-corrected chi connectivity index (χ2v) is 5.36. The maximum Gasteiger partial charge on any atom is 0.242 e. The Labute approximate surface area is 106 Å². The van der Waals surface area contributed by atoms with Crippen LogP contribution < -0.4 is 5.73 Å². The van der Waals surface area contributed by atoms with Crippen LogP contribution in [0, 0.1) is 0 Å². The van der Waals surface area contributed by atoms with Gasteiger partial charge in [0, 0.05) is 13.1 Å². The molecule has 1 amide bonds. The van der Waals surface area contributed by atoms with Crippen molar-refractivity contribution in [3.8, 4) is 0 Å². The number of hydrogen-bond donors (Lipinski definition) is 1. The second-order valence-electron chi connectivity index (χ2n) is 5.36. The summed E-state index contributed by atoms with van der Waals surface area (Å²) >= 11 is 0. The third kappa shape index (κ3) is 3.98. The molecule has 0 unspecified atom stereocenters. The van der Waals surface area contributed by atoms with Crippen molar-refractivity contribution in [2.75, 3.05) is 13.1 Å². The molecule has 0 heterocycles. The number of carbonyl (C=O) groups excluding carboxylic acids is 1. The van der Waals surface area contributed by atoms with Crippen molar-refractivity contribution >= 4 is 5.91 Å². The molecule has 1 aliphatic rings. The molecule has 1 rings (SSSR count). The Bertz CT molecular complexity index is 226. The Hall–Kier alpha value is -0.570. The fourth-order valence-electron chi connectivity index (χ4n) is 2.55. The van der Waals surface area contributed by atoms with Crippen molar-refractivity contribution in [2.24, 2.45) is 5.73 Å². The van der Waals surface area contributed by atoms with Crippen molar-refractivity contribution in [3.05, 3.63) is 0 Å². The Morgan fingerprint density at radius 1 is 1.12 bits per heavy atom. The molecule has 2 N–H and O–H groups in total. The zero-order valence-electron chi connectivity index (χ0n) is 11.5. The molecule has 0 aromatic heterocycles. The molecule has 3 nitrogen and oxygen atoms in total. The van der Waals surface area contributed by atoms with Gasteiger partial charge in [-0.25, -0.2) is 0 Å². The molecule has 1 fully saturated rings. The molecule has 0 aromatic carbocycles. The van der Waals surface area contributed by atoms with Crippen LogP contribution in [0.25, 0.3) is 0 Å². The Kier molecular flexibility index (Phi) is 5.96. The lowest BCUT2D eigenvalue weighted by Crippen LogP contribution is -2.54. The van der Waals surface area contributed by atoms with Crippen LogP contribution in [-0.2, 0) is 4.79 Å². The molecule has 0 aliphatic heterocycles. The molecular weight excluding hydrogens is 212 g/mol. The van der Waals surface area contributed by atoms with E-state index in [-0.39, 0.29) is 5.91 Å². The number of hydrogen-bond acceptors (Lipinski definition) is 2. The van der Waals surface area contributed by atoms with Gasteiger partial charge in [0.05, 0.1) is 5.54 Å². The van der Waals surface area contributed by atoms with Crippen LogP contribution >= 0.6 is 0 Å². The van der Waals surface area contributed by atoms with Gasteiger partial charge in [-0.05, 0) is 25.7 Å². The van der Waals surface area contributed by atoms with E-state index in [1.807, 2.05) is 4.90 Å². The molecule has 1 saturated carbocycles. The molecule has 0 aromatic rings. The highest BCUT2D eigenvalue weighted by atomic mass is 16.2. The smallest absolute Gasteiger partial charge is 0.242 e. The predicted octanol–water partition coefficient (Wildman–Crippen LogP) is 2.69. The molecule has 0 atom stereocenters. The molecule has 1 aliphatic carbocycles. The lowest BCUT2D eigenvalue weighted by Gasteiger charge is -2.31. The van der Waals surface area contributed by atoms with Crippen LogP contribution in [0.5, 0.6) is 0 Å². The average Bonchev–Trinajstić information content (AvgIpc) is 2.77. The van der Waals surface area contributed by atoms with Gasteiger partial charge in [0.2, 0.25) is 5.91 Å². The molecule has 0 radical (unpaired) electrons. The van der Waals surface area contributed by atoms with Gasteiger partial charge in [0.1, 0.15) is 0 Å². The zero-order chi connectivity index (χ0) is 12.7. The molecular formula is C14H28N2O. The summed E-state index contributed by atoms with van der Waals surface area (Å²) in [5.74, 6) is 0.205. The Morgan fingerprint density at radius 3 is 2.00 bits per heavy atom. The highest BCUT2D eigenvalue weighted by Crippen LogP contribution is 2.29. The fraction of sp³-hybridized carbons (Fsp3) is 0.929. The number of carbonyl (C=O) groups is 1. The van der Waals surface area contributed by atoms with Gasteiger partial charge in [-0.1, -0.05) is 39.5 Å². The summed E-state index contributed by atoms with van der Waals surface area (Å²) in [6.07, 6.45) is 8.41. The first-order valence-corrected chi connectivity index (χ1v) is 7.22. The van der Waals surface area contributed by atoms with Crippen molar-refractivity contribution in [1.29, 1.82) is 0 Å². The third-order valence-electron chi connectivity index (χ3n) is 3.77.